The van der Waals surface area contributed by atoms with Crippen molar-refractivity contribution in [1.29, 1.82) is 0 Å². The van der Waals surface area contributed by atoms with Crippen molar-refractivity contribution in [1.82, 2.24) is 0 Å². The van der Waals surface area contributed by atoms with E-state index in [-0.39, 0.29) is 0 Å². The van der Waals surface area contributed by atoms with E-state index in [0.717, 1.165) is 33.4 Å². The Morgan fingerprint density at radius 1 is 0.536 bits per heavy atom. The molecule has 0 aliphatic carbocycles. The first-order chi connectivity index (χ1) is 13.8. The van der Waals surface area contributed by atoms with Gasteiger partial charge in [0.2, 0.25) is 0 Å². The molecule has 0 bridgehead atoms. The Hall–Kier alpha value is -3.29. The first kappa shape index (κ1) is 16.9. The van der Waals surface area contributed by atoms with Crippen LogP contribution in [0.25, 0.3) is 44.5 Å². The molecule has 5 aromatic rings. The van der Waals surface area contributed by atoms with Crippen molar-refractivity contribution >= 4 is 22.6 Å². The van der Waals surface area contributed by atoms with Gasteiger partial charge in [-0.2, -0.15) is 0 Å². The Bertz CT molecular complexity index is 1250. The summed E-state index contributed by atoms with van der Waals surface area (Å²) in [6.45, 7) is 0. The highest BCUT2D eigenvalue weighted by molar-refractivity contribution is 6.35. The molecule has 5 rings (SSSR count). The van der Waals surface area contributed by atoms with Crippen molar-refractivity contribution in [3.8, 4) is 33.6 Å². The summed E-state index contributed by atoms with van der Waals surface area (Å²) in [6.07, 6.45) is 0. The number of rotatable bonds is 3. The molecular formula is C26H17ClO. The summed E-state index contributed by atoms with van der Waals surface area (Å²) in [5.41, 5.74) is 6.31. The summed E-state index contributed by atoms with van der Waals surface area (Å²) in [7, 11) is 0. The van der Waals surface area contributed by atoms with Gasteiger partial charge in [0.05, 0.1) is 5.02 Å². The van der Waals surface area contributed by atoms with Gasteiger partial charge in [-0.05, 0) is 22.8 Å². The van der Waals surface area contributed by atoms with Gasteiger partial charge in [0, 0.05) is 16.5 Å². The number of furan rings is 1. The molecule has 0 N–H and O–H groups in total. The standard InChI is InChI=1S/C26H17ClO/c27-23-17-9-16-22-24(25(28-26(22)23)19-12-5-2-6-13-19)21-15-8-7-14-20(21)18-10-3-1-4-11-18/h1-17H. The predicted octanol–water partition coefficient (Wildman–Crippen LogP) is 8.09. The molecule has 1 heterocycles. The van der Waals surface area contributed by atoms with Crippen LogP contribution in [0.3, 0.4) is 0 Å². The minimum atomic E-state index is 0.623. The fourth-order valence-corrected chi connectivity index (χ4v) is 3.93. The molecule has 28 heavy (non-hydrogen) atoms. The van der Waals surface area contributed by atoms with Crippen LogP contribution in [-0.2, 0) is 0 Å². The fourth-order valence-electron chi connectivity index (χ4n) is 3.72. The number of halogens is 1. The molecule has 0 unspecified atom stereocenters. The molecule has 0 radical (unpaired) electrons. The summed E-state index contributed by atoms with van der Waals surface area (Å²) >= 11 is 6.48. The van der Waals surface area contributed by atoms with Crippen molar-refractivity contribution in [3.63, 3.8) is 0 Å². The predicted molar refractivity (Wildman–Crippen MR) is 118 cm³/mol. The van der Waals surface area contributed by atoms with Crippen molar-refractivity contribution in [3.05, 3.63) is 108 Å². The first-order valence-corrected chi connectivity index (χ1v) is 9.62. The zero-order valence-electron chi connectivity index (χ0n) is 15.1. The smallest absolute Gasteiger partial charge is 0.154 e. The minimum Gasteiger partial charge on any atom is -0.454 e. The summed E-state index contributed by atoms with van der Waals surface area (Å²) in [5.74, 6) is 0.840. The average Bonchev–Trinajstić information content (AvgIpc) is 3.16. The van der Waals surface area contributed by atoms with Crippen LogP contribution in [0.2, 0.25) is 5.02 Å². The number of fused-ring (bicyclic) bond motifs is 1. The second-order valence-corrected chi connectivity index (χ2v) is 7.11. The van der Waals surface area contributed by atoms with E-state index in [4.69, 9.17) is 16.0 Å². The monoisotopic (exact) mass is 380 g/mol. The molecule has 2 heteroatoms. The molecule has 0 saturated heterocycles. The normalized spacial score (nSPS) is 11.0. The highest BCUT2D eigenvalue weighted by atomic mass is 35.5. The Labute approximate surface area is 168 Å². The summed E-state index contributed by atoms with van der Waals surface area (Å²) in [4.78, 5) is 0. The largest absolute Gasteiger partial charge is 0.454 e. The zero-order chi connectivity index (χ0) is 18.9. The van der Waals surface area contributed by atoms with Gasteiger partial charge in [-0.15, -0.1) is 0 Å². The quantitative estimate of drug-likeness (QED) is 0.308. The molecule has 1 aromatic heterocycles. The Morgan fingerprint density at radius 2 is 1.14 bits per heavy atom. The van der Waals surface area contributed by atoms with Crippen LogP contribution in [0, 0.1) is 0 Å². The molecule has 0 spiro atoms. The lowest BCUT2D eigenvalue weighted by Gasteiger charge is -2.11. The highest BCUT2D eigenvalue weighted by Gasteiger charge is 2.21. The van der Waals surface area contributed by atoms with Crippen LogP contribution in [0.5, 0.6) is 0 Å². The first-order valence-electron chi connectivity index (χ1n) is 9.24. The average molecular weight is 381 g/mol. The lowest BCUT2D eigenvalue weighted by Crippen LogP contribution is -1.86. The van der Waals surface area contributed by atoms with E-state index in [1.165, 1.54) is 11.1 Å². The number of hydrogen-bond donors (Lipinski definition) is 0. The fraction of sp³-hybridized carbons (Fsp3) is 0. The highest BCUT2D eigenvalue weighted by Crippen LogP contribution is 2.45. The van der Waals surface area contributed by atoms with Crippen LogP contribution < -0.4 is 0 Å². The van der Waals surface area contributed by atoms with Gasteiger partial charge in [0.25, 0.3) is 0 Å². The molecule has 0 saturated carbocycles. The number of para-hydroxylation sites is 1. The maximum atomic E-state index is 6.48. The van der Waals surface area contributed by atoms with E-state index >= 15 is 0 Å². The number of benzene rings is 4. The molecule has 1 nitrogen and oxygen atoms in total. The van der Waals surface area contributed by atoms with E-state index in [9.17, 15) is 0 Å². The van der Waals surface area contributed by atoms with Crippen molar-refractivity contribution < 1.29 is 4.42 Å². The Kier molecular flexibility index (Phi) is 4.23. The van der Waals surface area contributed by atoms with Gasteiger partial charge in [0.1, 0.15) is 5.76 Å². The van der Waals surface area contributed by atoms with Gasteiger partial charge < -0.3 is 4.42 Å². The van der Waals surface area contributed by atoms with E-state index in [1.807, 2.05) is 36.4 Å². The summed E-state index contributed by atoms with van der Waals surface area (Å²) in [6, 6.07) is 35.0. The Morgan fingerprint density at radius 3 is 1.86 bits per heavy atom. The molecule has 0 fully saturated rings. The van der Waals surface area contributed by atoms with Crippen LogP contribution in [0.1, 0.15) is 0 Å². The lowest BCUT2D eigenvalue weighted by molar-refractivity contribution is 0.632. The molecule has 134 valence electrons. The van der Waals surface area contributed by atoms with Crippen LogP contribution in [0.4, 0.5) is 0 Å². The van der Waals surface area contributed by atoms with Gasteiger partial charge in [-0.3, -0.25) is 0 Å². The van der Waals surface area contributed by atoms with Crippen LogP contribution in [-0.4, -0.2) is 0 Å². The molecule has 0 atom stereocenters. The van der Waals surface area contributed by atoms with E-state index in [1.54, 1.807) is 0 Å². The van der Waals surface area contributed by atoms with Gasteiger partial charge in [0.15, 0.2) is 5.58 Å². The maximum absolute atomic E-state index is 6.48. The van der Waals surface area contributed by atoms with Crippen molar-refractivity contribution in [2.24, 2.45) is 0 Å². The molecule has 0 amide bonds. The van der Waals surface area contributed by atoms with Gasteiger partial charge in [-0.25, -0.2) is 0 Å². The van der Waals surface area contributed by atoms with Gasteiger partial charge in [-0.1, -0.05) is 109 Å². The topological polar surface area (TPSA) is 13.1 Å². The molecule has 0 aliphatic rings. The third kappa shape index (κ3) is 2.81. The maximum Gasteiger partial charge on any atom is 0.154 e. The van der Waals surface area contributed by atoms with Gasteiger partial charge >= 0.3 is 0 Å². The zero-order valence-corrected chi connectivity index (χ0v) is 15.9. The molecular weight excluding hydrogens is 364 g/mol. The summed E-state index contributed by atoms with van der Waals surface area (Å²) in [5, 5.41) is 1.65. The van der Waals surface area contributed by atoms with E-state index < -0.39 is 0 Å². The lowest BCUT2D eigenvalue weighted by atomic mass is 9.91. The van der Waals surface area contributed by atoms with Crippen molar-refractivity contribution in [2.75, 3.05) is 0 Å². The molecule has 4 aromatic carbocycles. The third-order valence-corrected chi connectivity index (χ3v) is 5.28. The van der Waals surface area contributed by atoms with E-state index in [2.05, 4.69) is 66.7 Å². The van der Waals surface area contributed by atoms with Crippen LogP contribution >= 0.6 is 11.6 Å². The third-order valence-electron chi connectivity index (χ3n) is 4.98. The number of hydrogen-bond acceptors (Lipinski definition) is 1. The summed E-state index contributed by atoms with van der Waals surface area (Å²) < 4.78 is 6.33. The second-order valence-electron chi connectivity index (χ2n) is 6.70. The van der Waals surface area contributed by atoms with Crippen molar-refractivity contribution in [2.45, 2.75) is 0 Å². The second kappa shape index (κ2) is 7.03. The molecule has 0 aliphatic heterocycles. The minimum absolute atomic E-state index is 0.623. The van der Waals surface area contributed by atoms with E-state index in [0.29, 0.717) is 5.02 Å². The van der Waals surface area contributed by atoms with Crippen LogP contribution in [0.15, 0.2) is 108 Å². The Balaban J connectivity index is 1.87. The SMILES string of the molecule is Clc1cccc2c(-c3ccccc3-c3ccccc3)c(-c3ccccc3)oc12.